The van der Waals surface area contributed by atoms with E-state index < -0.39 is 0 Å². The average molecular weight is 297 g/mol. The van der Waals surface area contributed by atoms with E-state index in [1.165, 1.54) is 103 Å². The van der Waals surface area contributed by atoms with Crippen LogP contribution in [-0.4, -0.2) is 12.2 Å². The quantitative estimate of drug-likeness (QED) is 0.220. The Hall–Kier alpha value is -0.0400. The van der Waals surface area contributed by atoms with Crippen LogP contribution < -0.4 is 0 Å². The standard InChI is InChI=1S/C20H40O/c1-3-5-7-9-10-11-12-14-16-18-20-19(21-20)17-15-13-8-6-4-2/h19-20H,3-18H2,1-2H3. The van der Waals surface area contributed by atoms with Gasteiger partial charge >= 0.3 is 0 Å². The van der Waals surface area contributed by atoms with Crippen LogP contribution in [0.2, 0.25) is 0 Å². The molecule has 0 amide bonds. The fourth-order valence-electron chi connectivity index (χ4n) is 3.29. The van der Waals surface area contributed by atoms with Gasteiger partial charge in [-0.3, -0.25) is 0 Å². The zero-order valence-electron chi connectivity index (χ0n) is 14.9. The topological polar surface area (TPSA) is 12.5 Å². The molecule has 1 heterocycles. The summed E-state index contributed by atoms with van der Waals surface area (Å²) in [7, 11) is 0. The molecule has 1 saturated heterocycles. The van der Waals surface area contributed by atoms with E-state index >= 15 is 0 Å². The van der Waals surface area contributed by atoms with Crippen molar-refractivity contribution in [2.75, 3.05) is 0 Å². The molecule has 0 radical (unpaired) electrons. The number of hydrogen-bond donors (Lipinski definition) is 0. The second kappa shape index (κ2) is 13.6. The molecule has 1 fully saturated rings. The maximum absolute atomic E-state index is 5.80. The summed E-state index contributed by atoms with van der Waals surface area (Å²) < 4.78 is 5.80. The van der Waals surface area contributed by atoms with Crippen LogP contribution in [0.5, 0.6) is 0 Å². The molecular weight excluding hydrogens is 256 g/mol. The van der Waals surface area contributed by atoms with E-state index in [-0.39, 0.29) is 0 Å². The van der Waals surface area contributed by atoms with Crippen molar-refractivity contribution in [3.05, 3.63) is 0 Å². The summed E-state index contributed by atoms with van der Waals surface area (Å²) in [4.78, 5) is 0. The maximum atomic E-state index is 5.80. The first-order chi connectivity index (χ1) is 10.4. The lowest BCUT2D eigenvalue weighted by atomic mass is 10.0. The number of hydrogen-bond acceptors (Lipinski definition) is 1. The molecule has 0 saturated carbocycles. The lowest BCUT2D eigenvalue weighted by Gasteiger charge is -2.01. The van der Waals surface area contributed by atoms with Crippen LogP contribution in [0.1, 0.15) is 117 Å². The highest BCUT2D eigenvalue weighted by Gasteiger charge is 2.36. The van der Waals surface area contributed by atoms with Gasteiger partial charge in [-0.05, 0) is 12.8 Å². The largest absolute Gasteiger partial charge is 0.370 e. The van der Waals surface area contributed by atoms with Crippen molar-refractivity contribution in [1.29, 1.82) is 0 Å². The zero-order valence-corrected chi connectivity index (χ0v) is 14.9. The third-order valence-corrected chi connectivity index (χ3v) is 4.87. The number of epoxide rings is 1. The van der Waals surface area contributed by atoms with Crippen molar-refractivity contribution >= 4 is 0 Å². The molecule has 2 atom stereocenters. The van der Waals surface area contributed by atoms with E-state index in [1.807, 2.05) is 0 Å². The molecule has 21 heavy (non-hydrogen) atoms. The molecular formula is C20H40O. The third kappa shape index (κ3) is 11.2. The average Bonchev–Trinajstić information content (AvgIpc) is 3.24. The van der Waals surface area contributed by atoms with Crippen LogP contribution in [0.25, 0.3) is 0 Å². The molecule has 0 spiro atoms. The van der Waals surface area contributed by atoms with Crippen LogP contribution in [0.4, 0.5) is 0 Å². The highest BCUT2D eigenvalue weighted by atomic mass is 16.6. The summed E-state index contributed by atoms with van der Waals surface area (Å²) >= 11 is 0. The minimum absolute atomic E-state index is 0.640. The van der Waals surface area contributed by atoms with Gasteiger partial charge in [0.05, 0.1) is 12.2 Å². The number of ether oxygens (including phenoxy) is 1. The molecule has 0 bridgehead atoms. The summed E-state index contributed by atoms with van der Waals surface area (Å²) in [5.74, 6) is 0. The second-order valence-corrected chi connectivity index (χ2v) is 7.03. The van der Waals surface area contributed by atoms with Crippen LogP contribution in [-0.2, 0) is 4.74 Å². The van der Waals surface area contributed by atoms with Crippen molar-refractivity contribution < 1.29 is 4.74 Å². The first-order valence-corrected chi connectivity index (χ1v) is 10.0. The Morgan fingerprint density at radius 3 is 1.19 bits per heavy atom. The summed E-state index contributed by atoms with van der Waals surface area (Å²) in [6, 6.07) is 0. The fraction of sp³-hybridized carbons (Fsp3) is 1.00. The molecule has 1 rings (SSSR count). The van der Waals surface area contributed by atoms with Gasteiger partial charge in [-0.15, -0.1) is 0 Å². The van der Waals surface area contributed by atoms with E-state index in [0.717, 1.165) is 0 Å². The molecule has 1 aliphatic rings. The molecule has 0 aliphatic carbocycles. The molecule has 1 heteroatoms. The SMILES string of the molecule is CCCCCCCCCCCC1OC1CCCCCCC. The van der Waals surface area contributed by atoms with E-state index in [1.54, 1.807) is 0 Å². The fourth-order valence-corrected chi connectivity index (χ4v) is 3.29. The van der Waals surface area contributed by atoms with Gasteiger partial charge in [-0.2, -0.15) is 0 Å². The first kappa shape index (κ1) is 19.0. The predicted molar refractivity (Wildman–Crippen MR) is 93.9 cm³/mol. The maximum Gasteiger partial charge on any atom is 0.0841 e. The Kier molecular flexibility index (Phi) is 12.3. The Bertz CT molecular complexity index is 214. The normalized spacial score (nSPS) is 20.9. The summed E-state index contributed by atoms with van der Waals surface area (Å²) in [5.41, 5.74) is 0. The van der Waals surface area contributed by atoms with Crippen molar-refractivity contribution in [2.45, 2.75) is 129 Å². The second-order valence-electron chi connectivity index (χ2n) is 7.03. The van der Waals surface area contributed by atoms with Gasteiger partial charge in [0.2, 0.25) is 0 Å². The minimum Gasteiger partial charge on any atom is -0.370 e. The van der Waals surface area contributed by atoms with Crippen LogP contribution >= 0.6 is 0 Å². The van der Waals surface area contributed by atoms with Gasteiger partial charge in [0, 0.05) is 0 Å². The van der Waals surface area contributed by atoms with Crippen molar-refractivity contribution in [3.63, 3.8) is 0 Å². The number of rotatable bonds is 16. The first-order valence-electron chi connectivity index (χ1n) is 10.0. The Labute approximate surface area is 134 Å². The molecule has 2 unspecified atom stereocenters. The lowest BCUT2D eigenvalue weighted by Crippen LogP contribution is -1.94. The highest BCUT2D eigenvalue weighted by Crippen LogP contribution is 2.31. The molecule has 0 aromatic carbocycles. The highest BCUT2D eigenvalue weighted by molar-refractivity contribution is 4.84. The van der Waals surface area contributed by atoms with E-state index in [4.69, 9.17) is 4.74 Å². The molecule has 0 aromatic heterocycles. The van der Waals surface area contributed by atoms with Gasteiger partial charge < -0.3 is 4.74 Å². The third-order valence-electron chi connectivity index (χ3n) is 4.87. The molecule has 1 nitrogen and oxygen atoms in total. The van der Waals surface area contributed by atoms with Gasteiger partial charge in [-0.25, -0.2) is 0 Å². The van der Waals surface area contributed by atoms with E-state index in [9.17, 15) is 0 Å². The Morgan fingerprint density at radius 2 is 0.810 bits per heavy atom. The van der Waals surface area contributed by atoms with Crippen LogP contribution in [0.15, 0.2) is 0 Å². The Morgan fingerprint density at radius 1 is 0.476 bits per heavy atom. The predicted octanol–water partition coefficient (Wildman–Crippen LogP) is 7.04. The van der Waals surface area contributed by atoms with E-state index in [2.05, 4.69) is 13.8 Å². The van der Waals surface area contributed by atoms with Gasteiger partial charge in [0.1, 0.15) is 0 Å². The van der Waals surface area contributed by atoms with Gasteiger partial charge in [0.25, 0.3) is 0 Å². The Balaban J connectivity index is 1.73. The molecule has 0 aromatic rings. The summed E-state index contributed by atoms with van der Waals surface area (Å²) in [5, 5.41) is 0. The molecule has 1 aliphatic heterocycles. The zero-order chi connectivity index (χ0) is 15.2. The summed E-state index contributed by atoms with van der Waals surface area (Å²) in [6.45, 7) is 4.57. The van der Waals surface area contributed by atoms with Crippen LogP contribution in [0, 0.1) is 0 Å². The monoisotopic (exact) mass is 296 g/mol. The summed E-state index contributed by atoms with van der Waals surface area (Å²) in [6.07, 6.45) is 23.8. The van der Waals surface area contributed by atoms with Crippen LogP contribution in [0.3, 0.4) is 0 Å². The van der Waals surface area contributed by atoms with Gasteiger partial charge in [-0.1, -0.05) is 104 Å². The molecule has 126 valence electrons. The van der Waals surface area contributed by atoms with E-state index in [0.29, 0.717) is 12.2 Å². The number of unbranched alkanes of at least 4 members (excludes halogenated alkanes) is 12. The lowest BCUT2D eigenvalue weighted by molar-refractivity contribution is 0.347. The smallest absolute Gasteiger partial charge is 0.0841 e. The molecule has 0 N–H and O–H groups in total. The van der Waals surface area contributed by atoms with Crippen molar-refractivity contribution in [1.82, 2.24) is 0 Å². The van der Waals surface area contributed by atoms with Gasteiger partial charge in [0.15, 0.2) is 0 Å². The van der Waals surface area contributed by atoms with Crippen molar-refractivity contribution in [3.8, 4) is 0 Å². The minimum atomic E-state index is 0.640. The van der Waals surface area contributed by atoms with Crippen molar-refractivity contribution in [2.24, 2.45) is 0 Å².